The van der Waals surface area contributed by atoms with Gasteiger partial charge in [-0.3, -0.25) is 9.69 Å². The van der Waals surface area contributed by atoms with Gasteiger partial charge in [0.25, 0.3) is 0 Å². The number of nitrogens with zero attached hydrogens (tertiary/aromatic N) is 1. The molecule has 4 heteroatoms. The van der Waals surface area contributed by atoms with Gasteiger partial charge in [-0.2, -0.15) is 0 Å². The molecule has 0 bridgehead atoms. The van der Waals surface area contributed by atoms with Gasteiger partial charge in [-0.1, -0.05) is 43.3 Å². The van der Waals surface area contributed by atoms with E-state index in [2.05, 4.69) is 17.1 Å². The number of ether oxygens (including phenoxy) is 1. The highest BCUT2D eigenvalue weighted by Crippen LogP contribution is 2.16. The van der Waals surface area contributed by atoms with Gasteiger partial charge in [0.15, 0.2) is 0 Å². The van der Waals surface area contributed by atoms with Crippen molar-refractivity contribution in [1.82, 2.24) is 4.90 Å². The van der Waals surface area contributed by atoms with E-state index in [-0.39, 0.29) is 5.91 Å². The van der Waals surface area contributed by atoms with Crippen molar-refractivity contribution in [1.29, 1.82) is 0 Å². The van der Waals surface area contributed by atoms with Gasteiger partial charge in [0.1, 0.15) is 12.4 Å². The lowest BCUT2D eigenvalue weighted by Gasteiger charge is -2.21. The zero-order valence-corrected chi connectivity index (χ0v) is 15.4. The summed E-state index contributed by atoms with van der Waals surface area (Å²) in [6.45, 7) is 8.70. The SMILES string of the molecule is CCCN(CCOc1ccccc1C)CC(=O)Nc1ccccc1C. The fourth-order valence-corrected chi connectivity index (χ4v) is 2.70. The zero-order chi connectivity index (χ0) is 18.1. The Balaban J connectivity index is 1.84. The summed E-state index contributed by atoms with van der Waals surface area (Å²) in [5.41, 5.74) is 3.07. The van der Waals surface area contributed by atoms with Crippen LogP contribution < -0.4 is 10.1 Å². The maximum absolute atomic E-state index is 12.3. The molecule has 0 saturated carbocycles. The standard InChI is InChI=1S/C21H28N2O2/c1-4-13-23(14-15-25-20-12-8-6-10-18(20)3)16-21(24)22-19-11-7-5-9-17(19)2/h5-12H,4,13-16H2,1-3H3,(H,22,24). The molecule has 1 N–H and O–H groups in total. The molecule has 0 spiro atoms. The van der Waals surface area contributed by atoms with E-state index in [1.807, 2.05) is 62.4 Å². The van der Waals surface area contributed by atoms with Crippen LogP contribution in [0.5, 0.6) is 5.75 Å². The molecular weight excluding hydrogens is 312 g/mol. The monoisotopic (exact) mass is 340 g/mol. The number of aryl methyl sites for hydroxylation is 2. The lowest BCUT2D eigenvalue weighted by atomic mass is 10.2. The van der Waals surface area contributed by atoms with E-state index in [1.165, 1.54) is 0 Å². The van der Waals surface area contributed by atoms with Crippen molar-refractivity contribution in [3.63, 3.8) is 0 Å². The molecule has 0 atom stereocenters. The molecule has 25 heavy (non-hydrogen) atoms. The average Bonchev–Trinajstić information content (AvgIpc) is 2.59. The lowest BCUT2D eigenvalue weighted by Crippen LogP contribution is -2.36. The third-order valence-electron chi connectivity index (χ3n) is 4.08. The van der Waals surface area contributed by atoms with E-state index in [4.69, 9.17) is 4.74 Å². The normalized spacial score (nSPS) is 10.7. The Labute approximate surface area is 150 Å². The third kappa shape index (κ3) is 6.24. The molecule has 1 amide bonds. The molecule has 0 fully saturated rings. The lowest BCUT2D eigenvalue weighted by molar-refractivity contribution is -0.117. The van der Waals surface area contributed by atoms with Crippen LogP contribution in [-0.2, 0) is 4.79 Å². The van der Waals surface area contributed by atoms with Gasteiger partial charge in [-0.15, -0.1) is 0 Å². The van der Waals surface area contributed by atoms with Gasteiger partial charge in [0.2, 0.25) is 5.91 Å². The highest BCUT2D eigenvalue weighted by Gasteiger charge is 2.11. The van der Waals surface area contributed by atoms with Crippen LogP contribution in [0.1, 0.15) is 24.5 Å². The van der Waals surface area contributed by atoms with Crippen molar-refractivity contribution < 1.29 is 9.53 Å². The number of nitrogens with one attached hydrogen (secondary N) is 1. The van der Waals surface area contributed by atoms with Crippen LogP contribution in [0.4, 0.5) is 5.69 Å². The second-order valence-corrected chi connectivity index (χ2v) is 6.25. The fraction of sp³-hybridized carbons (Fsp3) is 0.381. The Morgan fingerprint density at radius 3 is 2.36 bits per heavy atom. The molecule has 2 rings (SSSR count). The van der Waals surface area contributed by atoms with Crippen molar-refractivity contribution in [3.8, 4) is 5.75 Å². The van der Waals surface area contributed by atoms with Crippen molar-refractivity contribution in [2.75, 3.05) is 31.6 Å². The predicted octanol–water partition coefficient (Wildman–Crippen LogP) is 4.03. The molecule has 0 aliphatic carbocycles. The highest BCUT2D eigenvalue weighted by molar-refractivity contribution is 5.92. The quantitative estimate of drug-likeness (QED) is 0.749. The molecular formula is C21H28N2O2. The molecule has 0 aliphatic heterocycles. The minimum atomic E-state index is 0.0126. The first-order chi connectivity index (χ1) is 12.1. The summed E-state index contributed by atoms with van der Waals surface area (Å²) < 4.78 is 5.86. The van der Waals surface area contributed by atoms with Crippen molar-refractivity contribution >= 4 is 11.6 Å². The van der Waals surface area contributed by atoms with Crippen LogP contribution in [0.15, 0.2) is 48.5 Å². The molecule has 0 unspecified atom stereocenters. The number of benzene rings is 2. The Morgan fingerprint density at radius 2 is 1.68 bits per heavy atom. The Bertz CT molecular complexity index is 685. The maximum Gasteiger partial charge on any atom is 0.238 e. The largest absolute Gasteiger partial charge is 0.492 e. The minimum absolute atomic E-state index is 0.0126. The van der Waals surface area contributed by atoms with Gasteiger partial charge < -0.3 is 10.1 Å². The van der Waals surface area contributed by atoms with Gasteiger partial charge in [-0.25, -0.2) is 0 Å². The number of hydrogen-bond acceptors (Lipinski definition) is 3. The summed E-state index contributed by atoms with van der Waals surface area (Å²) in [5, 5.41) is 2.99. The van der Waals surface area contributed by atoms with Crippen LogP contribution in [0.3, 0.4) is 0 Å². The second kappa shape index (κ2) is 9.84. The van der Waals surface area contributed by atoms with Crippen LogP contribution in [0.2, 0.25) is 0 Å². The maximum atomic E-state index is 12.3. The summed E-state index contributed by atoms with van der Waals surface area (Å²) >= 11 is 0. The van der Waals surface area contributed by atoms with Crippen LogP contribution >= 0.6 is 0 Å². The predicted molar refractivity (Wildman–Crippen MR) is 103 cm³/mol. The number of amides is 1. The van der Waals surface area contributed by atoms with E-state index in [9.17, 15) is 4.79 Å². The number of carbonyl (C=O) groups excluding carboxylic acids is 1. The first-order valence-electron chi connectivity index (χ1n) is 8.86. The van der Waals surface area contributed by atoms with E-state index in [0.717, 1.165) is 42.1 Å². The first-order valence-corrected chi connectivity index (χ1v) is 8.86. The van der Waals surface area contributed by atoms with Crippen LogP contribution in [-0.4, -0.2) is 37.0 Å². The second-order valence-electron chi connectivity index (χ2n) is 6.25. The van der Waals surface area contributed by atoms with Gasteiger partial charge >= 0.3 is 0 Å². The van der Waals surface area contributed by atoms with E-state index >= 15 is 0 Å². The molecule has 0 aliphatic rings. The number of anilines is 1. The highest BCUT2D eigenvalue weighted by atomic mass is 16.5. The molecule has 2 aromatic carbocycles. The van der Waals surface area contributed by atoms with Crippen molar-refractivity contribution in [2.45, 2.75) is 27.2 Å². The van der Waals surface area contributed by atoms with Crippen LogP contribution in [0, 0.1) is 13.8 Å². The third-order valence-corrected chi connectivity index (χ3v) is 4.08. The summed E-state index contributed by atoms with van der Waals surface area (Å²) in [6.07, 6.45) is 1.00. The van der Waals surface area contributed by atoms with Gasteiger partial charge in [0, 0.05) is 12.2 Å². The Morgan fingerprint density at radius 1 is 1.00 bits per heavy atom. The number of para-hydroxylation sites is 2. The van der Waals surface area contributed by atoms with Crippen molar-refractivity contribution in [3.05, 3.63) is 59.7 Å². The number of carbonyl (C=O) groups is 1. The Hall–Kier alpha value is -2.33. The molecule has 0 heterocycles. The zero-order valence-electron chi connectivity index (χ0n) is 15.4. The molecule has 0 radical (unpaired) electrons. The van der Waals surface area contributed by atoms with Gasteiger partial charge in [0.05, 0.1) is 6.54 Å². The summed E-state index contributed by atoms with van der Waals surface area (Å²) in [7, 11) is 0. The van der Waals surface area contributed by atoms with Crippen molar-refractivity contribution in [2.24, 2.45) is 0 Å². The first kappa shape index (κ1) is 19.0. The van der Waals surface area contributed by atoms with Crippen LogP contribution in [0.25, 0.3) is 0 Å². The minimum Gasteiger partial charge on any atom is -0.492 e. The van der Waals surface area contributed by atoms with E-state index in [1.54, 1.807) is 0 Å². The summed E-state index contributed by atoms with van der Waals surface area (Å²) in [5.74, 6) is 0.918. The Kier molecular flexibility index (Phi) is 7.48. The molecule has 2 aromatic rings. The number of hydrogen-bond donors (Lipinski definition) is 1. The topological polar surface area (TPSA) is 41.6 Å². The van der Waals surface area contributed by atoms with Gasteiger partial charge in [-0.05, 0) is 50.1 Å². The fourth-order valence-electron chi connectivity index (χ4n) is 2.70. The molecule has 134 valence electrons. The van der Waals surface area contributed by atoms with E-state index < -0.39 is 0 Å². The molecule has 0 saturated heterocycles. The smallest absolute Gasteiger partial charge is 0.238 e. The average molecular weight is 340 g/mol. The number of rotatable bonds is 9. The molecule has 0 aromatic heterocycles. The van der Waals surface area contributed by atoms with E-state index in [0.29, 0.717) is 13.2 Å². The molecule has 4 nitrogen and oxygen atoms in total. The summed E-state index contributed by atoms with van der Waals surface area (Å²) in [6, 6.07) is 15.8. The summed E-state index contributed by atoms with van der Waals surface area (Å²) in [4.78, 5) is 14.5.